The number of likely N-dealkylation sites (N-methyl/N-ethyl adjacent to an activating group) is 1. The average molecular weight is 268 g/mol. The van der Waals surface area contributed by atoms with Gasteiger partial charge in [0.15, 0.2) is 0 Å². The molecule has 1 aromatic heterocycles. The van der Waals surface area contributed by atoms with E-state index in [4.69, 9.17) is 4.74 Å². The van der Waals surface area contributed by atoms with Crippen molar-refractivity contribution in [2.75, 3.05) is 13.6 Å². The molecule has 1 aromatic carbocycles. The zero-order valence-electron chi connectivity index (χ0n) is 9.47. The van der Waals surface area contributed by atoms with Gasteiger partial charge in [0.05, 0.1) is 4.88 Å². The molecule has 1 unspecified atom stereocenters. The Morgan fingerprint density at radius 1 is 1.24 bits per heavy atom. The first-order chi connectivity index (χ1) is 7.90. The molecule has 0 saturated heterocycles. The summed E-state index contributed by atoms with van der Waals surface area (Å²) >= 11 is 1.77. The van der Waals surface area contributed by atoms with Crippen LogP contribution in [0.2, 0.25) is 0 Å². The lowest BCUT2D eigenvalue weighted by Gasteiger charge is -2.26. The Morgan fingerprint density at radius 3 is 2.88 bits per heavy atom. The molecule has 1 aliphatic rings. The number of para-hydroxylation sites is 1. The van der Waals surface area contributed by atoms with E-state index in [0.29, 0.717) is 0 Å². The summed E-state index contributed by atoms with van der Waals surface area (Å²) in [5.74, 6) is 0.994. The van der Waals surface area contributed by atoms with Crippen molar-refractivity contribution < 1.29 is 4.74 Å². The van der Waals surface area contributed by atoms with E-state index in [1.54, 1.807) is 11.3 Å². The number of rotatable bonds is 2. The van der Waals surface area contributed by atoms with E-state index in [2.05, 4.69) is 28.9 Å². The molecule has 2 aromatic rings. The third-order valence-electron chi connectivity index (χ3n) is 2.82. The number of ether oxygens (including phenoxy) is 1. The summed E-state index contributed by atoms with van der Waals surface area (Å²) in [4.78, 5) is 1.33. The Bertz CT molecular complexity index is 512. The molecule has 0 spiro atoms. The van der Waals surface area contributed by atoms with Gasteiger partial charge in [-0.2, -0.15) is 0 Å². The van der Waals surface area contributed by atoms with Crippen LogP contribution < -0.4 is 10.1 Å². The van der Waals surface area contributed by atoms with Gasteiger partial charge in [0, 0.05) is 17.7 Å². The third-order valence-corrected chi connectivity index (χ3v) is 3.83. The smallest absolute Gasteiger partial charge is 0.146 e. The van der Waals surface area contributed by atoms with Crippen LogP contribution in [0.4, 0.5) is 0 Å². The van der Waals surface area contributed by atoms with Crippen LogP contribution in [0.1, 0.15) is 11.0 Å². The second-order valence-electron chi connectivity index (χ2n) is 3.86. The summed E-state index contributed by atoms with van der Waals surface area (Å²) in [5, 5.41) is 5.32. The van der Waals surface area contributed by atoms with Gasteiger partial charge in [0.2, 0.25) is 0 Å². The fraction of sp³-hybridized carbons (Fsp3) is 0.231. The Hall–Kier alpha value is -1.03. The summed E-state index contributed by atoms with van der Waals surface area (Å²) in [7, 11) is 1.96. The van der Waals surface area contributed by atoms with Crippen LogP contribution >= 0.6 is 23.7 Å². The molecule has 0 aliphatic carbocycles. The molecule has 0 bridgehead atoms. The molecule has 17 heavy (non-hydrogen) atoms. The van der Waals surface area contributed by atoms with Crippen molar-refractivity contribution in [1.29, 1.82) is 0 Å². The topological polar surface area (TPSA) is 21.3 Å². The summed E-state index contributed by atoms with van der Waals surface area (Å²) < 4.78 is 6.01. The molecule has 1 aliphatic heterocycles. The first-order valence-electron chi connectivity index (χ1n) is 5.38. The molecular weight excluding hydrogens is 254 g/mol. The molecule has 4 heteroatoms. The van der Waals surface area contributed by atoms with Crippen LogP contribution in [-0.4, -0.2) is 13.6 Å². The number of thiophene rings is 1. The standard InChI is InChI=1S/C13H13NOS.ClH/c1-14-8-12-13-10(6-7-16-13)9-4-2-3-5-11(9)15-12;/h2-7,12,14H,8H2,1H3;1H. The van der Waals surface area contributed by atoms with Gasteiger partial charge >= 0.3 is 0 Å². The number of benzene rings is 1. The fourth-order valence-corrected chi connectivity index (χ4v) is 3.05. The first-order valence-corrected chi connectivity index (χ1v) is 6.26. The number of fused-ring (bicyclic) bond motifs is 3. The molecule has 1 N–H and O–H groups in total. The largest absolute Gasteiger partial charge is 0.483 e. The monoisotopic (exact) mass is 267 g/mol. The molecule has 0 fully saturated rings. The van der Waals surface area contributed by atoms with Crippen molar-refractivity contribution in [3.8, 4) is 16.9 Å². The van der Waals surface area contributed by atoms with Gasteiger partial charge in [-0.3, -0.25) is 0 Å². The maximum Gasteiger partial charge on any atom is 0.146 e. The average Bonchev–Trinajstić information content (AvgIpc) is 2.79. The predicted octanol–water partition coefficient (Wildman–Crippen LogP) is 3.49. The lowest BCUT2D eigenvalue weighted by molar-refractivity contribution is 0.205. The Balaban J connectivity index is 0.00000108. The lowest BCUT2D eigenvalue weighted by Crippen LogP contribution is -2.23. The van der Waals surface area contributed by atoms with Crippen LogP contribution in [0.25, 0.3) is 11.1 Å². The second kappa shape index (κ2) is 5.08. The van der Waals surface area contributed by atoms with E-state index in [1.165, 1.54) is 16.0 Å². The maximum atomic E-state index is 6.01. The normalized spacial score (nSPS) is 16.4. The highest BCUT2D eigenvalue weighted by Gasteiger charge is 2.26. The van der Waals surface area contributed by atoms with E-state index in [9.17, 15) is 0 Å². The van der Waals surface area contributed by atoms with Crippen molar-refractivity contribution in [1.82, 2.24) is 5.32 Å². The summed E-state index contributed by atoms with van der Waals surface area (Å²) in [6.07, 6.45) is 0.148. The minimum Gasteiger partial charge on any atom is -0.483 e. The van der Waals surface area contributed by atoms with E-state index in [0.717, 1.165) is 12.3 Å². The quantitative estimate of drug-likeness (QED) is 0.899. The van der Waals surface area contributed by atoms with Crippen LogP contribution in [0.3, 0.4) is 0 Å². The molecule has 2 heterocycles. The molecular formula is C13H14ClNOS. The molecule has 3 rings (SSSR count). The van der Waals surface area contributed by atoms with Gasteiger partial charge in [-0.1, -0.05) is 18.2 Å². The Morgan fingerprint density at radius 2 is 2.06 bits per heavy atom. The number of nitrogens with one attached hydrogen (secondary N) is 1. The molecule has 1 atom stereocenters. The van der Waals surface area contributed by atoms with Gasteiger partial charge in [-0.15, -0.1) is 23.7 Å². The van der Waals surface area contributed by atoms with Crippen molar-refractivity contribution in [2.24, 2.45) is 0 Å². The highest BCUT2D eigenvalue weighted by atomic mass is 35.5. The SMILES string of the molecule is CNCC1Oc2ccccc2-c2ccsc21.Cl. The number of halogens is 1. The van der Waals surface area contributed by atoms with Gasteiger partial charge < -0.3 is 10.1 Å². The van der Waals surface area contributed by atoms with Gasteiger partial charge in [-0.05, 0) is 24.6 Å². The minimum absolute atomic E-state index is 0. The number of hydrogen-bond acceptors (Lipinski definition) is 3. The van der Waals surface area contributed by atoms with Crippen LogP contribution in [0.15, 0.2) is 35.7 Å². The van der Waals surface area contributed by atoms with E-state index >= 15 is 0 Å². The maximum absolute atomic E-state index is 6.01. The summed E-state index contributed by atoms with van der Waals surface area (Å²) in [5.41, 5.74) is 2.54. The van der Waals surface area contributed by atoms with E-state index in [1.807, 2.05) is 19.2 Å². The summed E-state index contributed by atoms with van der Waals surface area (Å²) in [6, 6.07) is 10.4. The molecule has 0 amide bonds. The lowest BCUT2D eigenvalue weighted by atomic mass is 10.0. The number of hydrogen-bond donors (Lipinski definition) is 1. The van der Waals surface area contributed by atoms with Gasteiger partial charge in [0.1, 0.15) is 11.9 Å². The molecule has 2 nitrogen and oxygen atoms in total. The minimum atomic E-state index is 0. The molecule has 0 saturated carbocycles. The van der Waals surface area contributed by atoms with Crippen LogP contribution in [0.5, 0.6) is 5.75 Å². The van der Waals surface area contributed by atoms with Gasteiger partial charge in [-0.25, -0.2) is 0 Å². The highest BCUT2D eigenvalue weighted by Crippen LogP contribution is 2.44. The first kappa shape index (κ1) is 12.4. The van der Waals surface area contributed by atoms with E-state index in [-0.39, 0.29) is 18.5 Å². The highest BCUT2D eigenvalue weighted by molar-refractivity contribution is 7.10. The van der Waals surface area contributed by atoms with Gasteiger partial charge in [0.25, 0.3) is 0 Å². The Labute approximate surface area is 111 Å². The molecule has 0 radical (unpaired) electrons. The van der Waals surface area contributed by atoms with Crippen molar-refractivity contribution in [3.05, 3.63) is 40.6 Å². The Kier molecular flexibility index (Phi) is 3.72. The second-order valence-corrected chi connectivity index (χ2v) is 4.81. The van der Waals surface area contributed by atoms with Crippen LogP contribution in [-0.2, 0) is 0 Å². The van der Waals surface area contributed by atoms with E-state index < -0.39 is 0 Å². The third kappa shape index (κ3) is 2.06. The van der Waals surface area contributed by atoms with Crippen molar-refractivity contribution >= 4 is 23.7 Å². The van der Waals surface area contributed by atoms with Crippen molar-refractivity contribution in [2.45, 2.75) is 6.10 Å². The van der Waals surface area contributed by atoms with Crippen molar-refractivity contribution in [3.63, 3.8) is 0 Å². The summed E-state index contributed by atoms with van der Waals surface area (Å²) in [6.45, 7) is 0.849. The predicted molar refractivity (Wildman–Crippen MR) is 74.3 cm³/mol. The fourth-order valence-electron chi connectivity index (χ4n) is 2.11. The molecule has 90 valence electrons. The van der Waals surface area contributed by atoms with Crippen LogP contribution in [0, 0.1) is 0 Å². The zero-order chi connectivity index (χ0) is 11.0. The zero-order valence-corrected chi connectivity index (χ0v) is 11.1.